The molecule has 2 fully saturated rings. The number of nitrogens with zero attached hydrogens (tertiary/aromatic N) is 4. The molecule has 8 nitrogen and oxygen atoms in total. The van der Waals surface area contributed by atoms with Gasteiger partial charge in [0.25, 0.3) is 11.8 Å². The summed E-state index contributed by atoms with van der Waals surface area (Å²) in [5.74, 6) is 0.194. The molecular formula is C20H31N5O3. The number of fused-ring (bicyclic) bond motifs is 1. The molecule has 3 aliphatic heterocycles. The summed E-state index contributed by atoms with van der Waals surface area (Å²) >= 11 is 0. The molecule has 0 radical (unpaired) electrons. The van der Waals surface area contributed by atoms with Gasteiger partial charge in [-0.3, -0.25) is 19.2 Å². The number of likely N-dealkylation sites (N-methyl/N-ethyl adjacent to an activating group) is 1. The van der Waals surface area contributed by atoms with Crippen LogP contribution in [0.15, 0.2) is 6.07 Å². The number of rotatable bonds is 4. The van der Waals surface area contributed by atoms with E-state index in [0.717, 1.165) is 52.0 Å². The van der Waals surface area contributed by atoms with Crippen LogP contribution in [0.1, 0.15) is 53.6 Å². The lowest BCUT2D eigenvalue weighted by molar-refractivity contribution is 0.0109. The van der Waals surface area contributed by atoms with Gasteiger partial charge in [-0.15, -0.1) is 0 Å². The van der Waals surface area contributed by atoms with Crippen molar-refractivity contribution >= 4 is 11.8 Å². The van der Waals surface area contributed by atoms with E-state index in [9.17, 15) is 9.59 Å². The van der Waals surface area contributed by atoms with E-state index in [1.165, 1.54) is 0 Å². The molecule has 8 heteroatoms. The smallest absolute Gasteiger partial charge is 0.272 e. The maximum absolute atomic E-state index is 12.8. The summed E-state index contributed by atoms with van der Waals surface area (Å²) in [6.07, 6.45) is 4.21. The predicted molar refractivity (Wildman–Crippen MR) is 104 cm³/mol. The topological polar surface area (TPSA) is 79.7 Å². The lowest BCUT2D eigenvalue weighted by atomic mass is 9.88. The second-order valence-corrected chi connectivity index (χ2v) is 8.24. The third-order valence-electron chi connectivity index (χ3n) is 6.54. The number of carbonyl (C=O) groups excluding carboxylic acids is 2. The highest BCUT2D eigenvalue weighted by Crippen LogP contribution is 2.25. The molecule has 0 saturated carbocycles. The van der Waals surface area contributed by atoms with Crippen molar-refractivity contribution in [3.8, 4) is 0 Å². The molecule has 28 heavy (non-hydrogen) atoms. The van der Waals surface area contributed by atoms with Gasteiger partial charge < -0.3 is 15.0 Å². The zero-order valence-corrected chi connectivity index (χ0v) is 16.9. The van der Waals surface area contributed by atoms with Crippen LogP contribution in [-0.4, -0.2) is 83.4 Å². The Bertz CT molecular complexity index is 727. The number of nitrogens with one attached hydrogen (secondary N) is 1. The molecule has 0 aliphatic carbocycles. The third kappa shape index (κ3) is 3.80. The second kappa shape index (κ2) is 8.21. The van der Waals surface area contributed by atoms with E-state index in [2.05, 4.69) is 22.2 Å². The van der Waals surface area contributed by atoms with Crippen molar-refractivity contribution in [2.75, 3.05) is 39.9 Å². The molecule has 154 valence electrons. The van der Waals surface area contributed by atoms with E-state index in [1.807, 2.05) is 0 Å². The van der Waals surface area contributed by atoms with Crippen molar-refractivity contribution in [3.63, 3.8) is 0 Å². The van der Waals surface area contributed by atoms with Gasteiger partial charge in [-0.05, 0) is 25.2 Å². The van der Waals surface area contributed by atoms with Crippen molar-refractivity contribution in [3.05, 3.63) is 17.5 Å². The highest BCUT2D eigenvalue weighted by molar-refractivity contribution is 5.98. The van der Waals surface area contributed by atoms with Gasteiger partial charge in [-0.1, -0.05) is 13.3 Å². The summed E-state index contributed by atoms with van der Waals surface area (Å²) in [5.41, 5.74) is 0.848. The van der Waals surface area contributed by atoms with E-state index in [0.29, 0.717) is 36.4 Å². The molecular weight excluding hydrogens is 358 g/mol. The molecule has 0 spiro atoms. The van der Waals surface area contributed by atoms with Gasteiger partial charge in [0.05, 0.1) is 6.54 Å². The average molecular weight is 390 g/mol. The Hall–Kier alpha value is -1.93. The Labute approximate surface area is 166 Å². The number of piperidine rings is 1. The number of aromatic nitrogens is 2. The summed E-state index contributed by atoms with van der Waals surface area (Å²) in [6, 6.07) is 2.40. The fraction of sp³-hybridized carbons (Fsp3) is 0.750. The first-order chi connectivity index (χ1) is 13.6. The summed E-state index contributed by atoms with van der Waals surface area (Å²) < 4.78 is 7.15. The lowest BCUT2D eigenvalue weighted by Gasteiger charge is -2.43. The molecule has 4 heterocycles. The Morgan fingerprint density at radius 3 is 2.79 bits per heavy atom. The molecule has 1 aromatic heterocycles. The van der Waals surface area contributed by atoms with Gasteiger partial charge >= 0.3 is 0 Å². The summed E-state index contributed by atoms with van der Waals surface area (Å²) in [4.78, 5) is 29.3. The van der Waals surface area contributed by atoms with E-state index in [4.69, 9.17) is 4.74 Å². The van der Waals surface area contributed by atoms with Gasteiger partial charge in [0, 0.05) is 58.0 Å². The van der Waals surface area contributed by atoms with Crippen LogP contribution in [-0.2, 0) is 11.3 Å². The summed E-state index contributed by atoms with van der Waals surface area (Å²) in [7, 11) is 1.77. The highest BCUT2D eigenvalue weighted by Gasteiger charge is 2.34. The zero-order chi connectivity index (χ0) is 19.7. The van der Waals surface area contributed by atoms with E-state index in [1.54, 1.807) is 22.7 Å². The highest BCUT2D eigenvalue weighted by atomic mass is 16.5. The Morgan fingerprint density at radius 1 is 1.25 bits per heavy atom. The van der Waals surface area contributed by atoms with Gasteiger partial charge in [-0.25, -0.2) is 0 Å². The molecule has 1 aromatic rings. The van der Waals surface area contributed by atoms with Crippen LogP contribution in [0.4, 0.5) is 0 Å². The number of likely N-dealkylation sites (tertiary alicyclic amines) is 1. The van der Waals surface area contributed by atoms with Crippen molar-refractivity contribution in [1.29, 1.82) is 0 Å². The normalized spacial score (nSPS) is 26.9. The van der Waals surface area contributed by atoms with Crippen LogP contribution in [0, 0.1) is 5.92 Å². The summed E-state index contributed by atoms with van der Waals surface area (Å²) in [5, 5.41) is 7.58. The standard InChI is InChI=1S/C20H31N5O3/c1-3-14-13-24(15-5-10-28-11-6-15)7-4-16(14)21-19(26)17-12-18-20(27)23(2)8-9-25(18)22-17/h12,14-16H,3-11,13H2,1-2H3,(H,21,26)/t14-,16+/m1/s1. The van der Waals surface area contributed by atoms with Crippen molar-refractivity contribution in [2.24, 2.45) is 5.92 Å². The van der Waals surface area contributed by atoms with Crippen molar-refractivity contribution in [1.82, 2.24) is 24.9 Å². The maximum Gasteiger partial charge on any atom is 0.272 e. The molecule has 2 saturated heterocycles. The van der Waals surface area contributed by atoms with E-state index >= 15 is 0 Å². The molecule has 1 N–H and O–H groups in total. The van der Waals surface area contributed by atoms with Crippen LogP contribution < -0.4 is 5.32 Å². The third-order valence-corrected chi connectivity index (χ3v) is 6.54. The molecule has 4 rings (SSSR count). The number of amides is 2. The number of carbonyl (C=O) groups is 2. The fourth-order valence-corrected chi connectivity index (χ4v) is 4.70. The van der Waals surface area contributed by atoms with E-state index < -0.39 is 0 Å². The number of ether oxygens (including phenoxy) is 1. The number of hydrogen-bond donors (Lipinski definition) is 1. The van der Waals surface area contributed by atoms with Gasteiger partial charge in [0.1, 0.15) is 5.69 Å². The Kier molecular flexibility index (Phi) is 5.68. The van der Waals surface area contributed by atoms with Crippen LogP contribution in [0.3, 0.4) is 0 Å². The summed E-state index contributed by atoms with van der Waals surface area (Å²) in [6.45, 7) is 7.20. The molecule has 2 atom stereocenters. The van der Waals surface area contributed by atoms with Crippen LogP contribution >= 0.6 is 0 Å². The Morgan fingerprint density at radius 2 is 2.04 bits per heavy atom. The molecule has 2 amide bonds. The van der Waals surface area contributed by atoms with Crippen molar-refractivity contribution < 1.29 is 14.3 Å². The minimum absolute atomic E-state index is 0.0750. The molecule has 0 unspecified atom stereocenters. The monoisotopic (exact) mass is 389 g/mol. The average Bonchev–Trinajstić information content (AvgIpc) is 3.17. The van der Waals surface area contributed by atoms with Crippen LogP contribution in [0.25, 0.3) is 0 Å². The number of hydrogen-bond acceptors (Lipinski definition) is 5. The predicted octanol–water partition coefficient (Wildman–Crippen LogP) is 0.978. The first-order valence-electron chi connectivity index (χ1n) is 10.5. The lowest BCUT2D eigenvalue weighted by Crippen LogP contribution is -2.54. The SMILES string of the molecule is CC[C@@H]1CN(C2CCOCC2)CC[C@@H]1NC(=O)c1cc2n(n1)CCN(C)C2=O. The van der Waals surface area contributed by atoms with Crippen LogP contribution in [0.2, 0.25) is 0 Å². The van der Waals surface area contributed by atoms with Gasteiger partial charge in [0.2, 0.25) is 0 Å². The Balaban J connectivity index is 1.39. The van der Waals surface area contributed by atoms with E-state index in [-0.39, 0.29) is 17.9 Å². The maximum atomic E-state index is 12.8. The largest absolute Gasteiger partial charge is 0.381 e. The van der Waals surface area contributed by atoms with Gasteiger partial charge in [-0.2, -0.15) is 5.10 Å². The minimum Gasteiger partial charge on any atom is -0.381 e. The molecule has 3 aliphatic rings. The zero-order valence-electron chi connectivity index (χ0n) is 16.9. The first-order valence-corrected chi connectivity index (χ1v) is 10.5. The van der Waals surface area contributed by atoms with Crippen molar-refractivity contribution in [2.45, 2.75) is 51.2 Å². The van der Waals surface area contributed by atoms with Gasteiger partial charge in [0.15, 0.2) is 5.69 Å². The second-order valence-electron chi connectivity index (χ2n) is 8.24. The van der Waals surface area contributed by atoms with Crippen LogP contribution in [0.5, 0.6) is 0 Å². The molecule has 0 aromatic carbocycles. The minimum atomic E-state index is -0.166. The quantitative estimate of drug-likeness (QED) is 0.830. The first kappa shape index (κ1) is 19.4. The molecule has 0 bridgehead atoms. The fourth-order valence-electron chi connectivity index (χ4n) is 4.70.